The Morgan fingerprint density at radius 3 is 2.50 bits per heavy atom. The predicted octanol–water partition coefficient (Wildman–Crippen LogP) is 5.96. The summed E-state index contributed by atoms with van der Waals surface area (Å²) in [7, 11) is 0. The zero-order valence-corrected chi connectivity index (χ0v) is 17.4. The summed E-state index contributed by atoms with van der Waals surface area (Å²) in [6.45, 7) is 5.17. The molecule has 0 heterocycles. The molecule has 0 bridgehead atoms. The summed E-state index contributed by atoms with van der Waals surface area (Å²) in [5, 5.41) is 12.5. The van der Waals surface area contributed by atoms with Gasteiger partial charge in [0.25, 0.3) is 0 Å². The highest BCUT2D eigenvalue weighted by atomic mass is 79.9. The number of hydrogen-bond donors (Lipinski definition) is 2. The fourth-order valence-corrected chi connectivity index (χ4v) is 3.26. The van der Waals surface area contributed by atoms with Crippen LogP contribution in [0.25, 0.3) is 0 Å². The minimum absolute atomic E-state index is 0.269. The molecule has 0 amide bonds. The van der Waals surface area contributed by atoms with Crippen molar-refractivity contribution in [3.05, 3.63) is 93.0 Å². The van der Waals surface area contributed by atoms with Crippen molar-refractivity contribution in [2.45, 2.75) is 27.0 Å². The highest BCUT2D eigenvalue weighted by Crippen LogP contribution is 2.26. The van der Waals surface area contributed by atoms with Gasteiger partial charge < -0.3 is 15.2 Å². The van der Waals surface area contributed by atoms with Crippen LogP contribution in [-0.2, 0) is 13.2 Å². The SMILES string of the molecule is Cc1ccc(C)c(NCc2cc(Br)ccc2OCc2ccc(C(=O)O)cc2)c1. The van der Waals surface area contributed by atoms with E-state index in [0.717, 1.165) is 27.0 Å². The van der Waals surface area contributed by atoms with E-state index in [-0.39, 0.29) is 5.56 Å². The Kier molecular flexibility index (Phi) is 6.37. The number of ether oxygens (including phenoxy) is 1. The molecular weight excluding hydrogens is 418 g/mol. The Labute approximate surface area is 173 Å². The first-order valence-electron chi connectivity index (χ1n) is 8.97. The second-order valence-electron chi connectivity index (χ2n) is 6.71. The van der Waals surface area contributed by atoms with Crippen molar-refractivity contribution in [2.24, 2.45) is 0 Å². The molecular formula is C23H22BrNO3. The van der Waals surface area contributed by atoms with E-state index in [1.54, 1.807) is 24.3 Å². The summed E-state index contributed by atoms with van der Waals surface area (Å²) >= 11 is 3.53. The minimum Gasteiger partial charge on any atom is -0.489 e. The second kappa shape index (κ2) is 8.93. The summed E-state index contributed by atoms with van der Waals surface area (Å²) in [5.41, 5.74) is 5.74. The topological polar surface area (TPSA) is 58.6 Å². The lowest BCUT2D eigenvalue weighted by Crippen LogP contribution is -2.05. The third-order valence-electron chi connectivity index (χ3n) is 4.48. The lowest BCUT2D eigenvalue weighted by Gasteiger charge is -2.15. The Morgan fingerprint density at radius 2 is 1.79 bits per heavy atom. The third-order valence-corrected chi connectivity index (χ3v) is 4.97. The lowest BCUT2D eigenvalue weighted by atomic mass is 10.1. The van der Waals surface area contributed by atoms with Crippen LogP contribution in [0.5, 0.6) is 5.75 Å². The Balaban J connectivity index is 1.71. The van der Waals surface area contributed by atoms with Crippen LogP contribution in [0, 0.1) is 13.8 Å². The number of carbonyl (C=O) groups is 1. The molecule has 0 spiro atoms. The van der Waals surface area contributed by atoms with E-state index in [1.165, 1.54) is 11.1 Å². The normalized spacial score (nSPS) is 10.5. The van der Waals surface area contributed by atoms with Gasteiger partial charge in [-0.15, -0.1) is 0 Å². The number of carboxylic acids is 1. The molecule has 0 saturated heterocycles. The molecule has 0 aliphatic heterocycles. The van der Waals surface area contributed by atoms with Crippen LogP contribution < -0.4 is 10.1 Å². The molecule has 0 aliphatic carbocycles. The number of benzene rings is 3. The quantitative estimate of drug-likeness (QED) is 0.476. The van der Waals surface area contributed by atoms with Crippen LogP contribution in [0.1, 0.15) is 32.6 Å². The molecule has 0 aliphatic rings. The Hall–Kier alpha value is -2.79. The van der Waals surface area contributed by atoms with Gasteiger partial charge in [0, 0.05) is 22.3 Å². The van der Waals surface area contributed by atoms with Crippen molar-refractivity contribution < 1.29 is 14.6 Å². The first kappa shape index (κ1) is 20.0. The molecule has 2 N–H and O–H groups in total. The Morgan fingerprint density at radius 1 is 1.04 bits per heavy atom. The van der Waals surface area contributed by atoms with Gasteiger partial charge in [0.2, 0.25) is 0 Å². The first-order valence-corrected chi connectivity index (χ1v) is 9.76. The van der Waals surface area contributed by atoms with Crippen LogP contribution in [0.4, 0.5) is 5.69 Å². The van der Waals surface area contributed by atoms with E-state index in [4.69, 9.17) is 9.84 Å². The summed E-state index contributed by atoms with van der Waals surface area (Å²) in [6.07, 6.45) is 0. The molecule has 0 saturated carbocycles. The molecule has 0 unspecified atom stereocenters. The van der Waals surface area contributed by atoms with E-state index in [9.17, 15) is 4.79 Å². The van der Waals surface area contributed by atoms with Crippen LogP contribution in [0.15, 0.2) is 65.1 Å². The number of aryl methyl sites for hydroxylation is 2. The molecule has 0 aromatic heterocycles. The maximum absolute atomic E-state index is 11.0. The van der Waals surface area contributed by atoms with Gasteiger partial charge in [-0.1, -0.05) is 40.2 Å². The van der Waals surface area contributed by atoms with Gasteiger partial charge in [0.05, 0.1) is 5.56 Å². The number of nitrogens with one attached hydrogen (secondary N) is 1. The number of halogens is 1. The molecule has 3 aromatic rings. The summed E-state index contributed by atoms with van der Waals surface area (Å²) in [4.78, 5) is 11.0. The summed E-state index contributed by atoms with van der Waals surface area (Å²) in [6, 6.07) is 19.0. The molecule has 5 heteroatoms. The first-order chi connectivity index (χ1) is 13.4. The van der Waals surface area contributed by atoms with E-state index in [1.807, 2.05) is 18.2 Å². The monoisotopic (exact) mass is 439 g/mol. The van der Waals surface area contributed by atoms with Gasteiger partial charge in [-0.05, 0) is 66.9 Å². The maximum Gasteiger partial charge on any atom is 0.335 e. The molecule has 0 fully saturated rings. The van der Waals surface area contributed by atoms with Gasteiger partial charge >= 0.3 is 5.97 Å². The van der Waals surface area contributed by atoms with E-state index >= 15 is 0 Å². The maximum atomic E-state index is 11.0. The van der Waals surface area contributed by atoms with Crippen molar-refractivity contribution in [3.8, 4) is 5.75 Å². The van der Waals surface area contributed by atoms with Crippen molar-refractivity contribution in [1.29, 1.82) is 0 Å². The number of carboxylic acid groups (broad SMARTS) is 1. The van der Waals surface area contributed by atoms with Crippen molar-refractivity contribution in [1.82, 2.24) is 0 Å². The predicted molar refractivity (Wildman–Crippen MR) is 115 cm³/mol. The number of anilines is 1. The third kappa shape index (κ3) is 5.14. The van der Waals surface area contributed by atoms with Crippen LogP contribution in [0.2, 0.25) is 0 Å². The lowest BCUT2D eigenvalue weighted by molar-refractivity contribution is 0.0697. The smallest absolute Gasteiger partial charge is 0.335 e. The highest BCUT2D eigenvalue weighted by molar-refractivity contribution is 9.10. The largest absolute Gasteiger partial charge is 0.489 e. The van der Waals surface area contributed by atoms with Gasteiger partial charge in [-0.3, -0.25) is 0 Å². The average molecular weight is 440 g/mol. The van der Waals surface area contributed by atoms with Crippen LogP contribution in [-0.4, -0.2) is 11.1 Å². The molecule has 0 atom stereocenters. The minimum atomic E-state index is -0.930. The number of rotatable bonds is 7. The van der Waals surface area contributed by atoms with Crippen molar-refractivity contribution in [3.63, 3.8) is 0 Å². The van der Waals surface area contributed by atoms with E-state index < -0.39 is 5.97 Å². The van der Waals surface area contributed by atoms with Gasteiger partial charge in [0.15, 0.2) is 0 Å². The molecule has 28 heavy (non-hydrogen) atoms. The van der Waals surface area contributed by atoms with Gasteiger partial charge in [0.1, 0.15) is 12.4 Å². The molecule has 4 nitrogen and oxygen atoms in total. The molecule has 3 aromatic carbocycles. The zero-order valence-electron chi connectivity index (χ0n) is 15.8. The average Bonchev–Trinajstić information content (AvgIpc) is 2.68. The fourth-order valence-electron chi connectivity index (χ4n) is 2.85. The highest BCUT2D eigenvalue weighted by Gasteiger charge is 2.08. The van der Waals surface area contributed by atoms with Crippen LogP contribution in [0.3, 0.4) is 0 Å². The second-order valence-corrected chi connectivity index (χ2v) is 7.63. The van der Waals surface area contributed by atoms with Crippen molar-refractivity contribution >= 4 is 27.6 Å². The van der Waals surface area contributed by atoms with Gasteiger partial charge in [-0.25, -0.2) is 4.79 Å². The molecule has 144 valence electrons. The molecule has 3 rings (SSSR count). The standard InChI is InChI=1S/C23H22BrNO3/c1-15-3-4-16(2)21(11-15)25-13-19-12-20(24)9-10-22(19)28-14-17-5-7-18(8-6-17)23(26)27/h3-12,25H,13-14H2,1-2H3,(H,26,27). The van der Waals surface area contributed by atoms with Gasteiger partial charge in [-0.2, -0.15) is 0 Å². The zero-order chi connectivity index (χ0) is 20.1. The summed E-state index contributed by atoms with van der Waals surface area (Å²) < 4.78 is 7.00. The summed E-state index contributed by atoms with van der Waals surface area (Å²) in [5.74, 6) is -0.136. The van der Waals surface area contributed by atoms with Crippen LogP contribution >= 0.6 is 15.9 Å². The fraction of sp³-hybridized carbons (Fsp3) is 0.174. The number of aromatic carboxylic acids is 1. The Bertz CT molecular complexity index is 984. The van der Waals surface area contributed by atoms with E-state index in [0.29, 0.717) is 13.2 Å². The van der Waals surface area contributed by atoms with E-state index in [2.05, 4.69) is 53.3 Å². The molecule has 0 radical (unpaired) electrons. The van der Waals surface area contributed by atoms with Crippen molar-refractivity contribution in [2.75, 3.05) is 5.32 Å². The number of hydrogen-bond acceptors (Lipinski definition) is 3.